The number of rotatable bonds is 4. The van der Waals surface area contributed by atoms with Crippen LogP contribution in [0.25, 0.3) is 0 Å². The summed E-state index contributed by atoms with van der Waals surface area (Å²) in [7, 11) is 0. The van der Waals surface area contributed by atoms with Gasteiger partial charge in [-0.3, -0.25) is 0 Å². The van der Waals surface area contributed by atoms with Crippen LogP contribution in [0.1, 0.15) is 18.6 Å². The Balaban J connectivity index is 1.73. The number of nitrogens with one attached hydrogen (secondary N) is 1. The summed E-state index contributed by atoms with van der Waals surface area (Å²) in [4.78, 5) is 2.43. The smallest absolute Gasteiger partial charge is 0.193 e. The van der Waals surface area contributed by atoms with Crippen LogP contribution in [0.15, 0.2) is 40.8 Å². The van der Waals surface area contributed by atoms with Gasteiger partial charge in [-0.1, -0.05) is 12.1 Å². The van der Waals surface area contributed by atoms with Crippen LogP contribution in [0.3, 0.4) is 0 Å². The number of benzene rings is 1. The normalized spacial score (nSPS) is 14.9. The minimum absolute atomic E-state index is 0.435. The molecular weight excluding hydrogens is 260 g/mol. The van der Waals surface area contributed by atoms with Crippen LogP contribution in [0.2, 0.25) is 5.22 Å². The maximum absolute atomic E-state index is 5.77. The maximum atomic E-state index is 5.77. The Labute approximate surface area is 118 Å². The third-order valence-electron chi connectivity index (χ3n) is 3.43. The molecule has 19 heavy (non-hydrogen) atoms. The monoisotopic (exact) mass is 276 g/mol. The third kappa shape index (κ3) is 2.87. The molecule has 1 saturated heterocycles. The molecule has 0 radical (unpaired) electrons. The number of para-hydroxylation sites is 2. The number of hydrogen-bond acceptors (Lipinski definition) is 3. The van der Waals surface area contributed by atoms with Crippen molar-refractivity contribution in [3.8, 4) is 0 Å². The molecule has 1 aliphatic heterocycles. The van der Waals surface area contributed by atoms with Gasteiger partial charge in [0.05, 0.1) is 17.9 Å². The van der Waals surface area contributed by atoms with Crippen molar-refractivity contribution >= 4 is 23.0 Å². The van der Waals surface area contributed by atoms with Gasteiger partial charge >= 0.3 is 0 Å². The summed E-state index contributed by atoms with van der Waals surface area (Å²) in [5.74, 6) is 0.848. The molecule has 0 amide bonds. The SMILES string of the molecule is Clc1ccc(CNc2ccccc2N2CCCC2)o1. The van der Waals surface area contributed by atoms with Crippen molar-refractivity contribution in [2.75, 3.05) is 23.3 Å². The van der Waals surface area contributed by atoms with Gasteiger partial charge in [-0.2, -0.15) is 0 Å². The van der Waals surface area contributed by atoms with E-state index in [9.17, 15) is 0 Å². The topological polar surface area (TPSA) is 28.4 Å². The Hall–Kier alpha value is -1.61. The minimum atomic E-state index is 0.435. The first-order valence-corrected chi connectivity index (χ1v) is 7.03. The van der Waals surface area contributed by atoms with E-state index < -0.39 is 0 Å². The molecule has 4 heteroatoms. The second kappa shape index (κ2) is 5.57. The van der Waals surface area contributed by atoms with E-state index in [2.05, 4.69) is 34.5 Å². The fourth-order valence-corrected chi connectivity index (χ4v) is 2.65. The summed E-state index contributed by atoms with van der Waals surface area (Å²) in [5, 5.41) is 3.86. The quantitative estimate of drug-likeness (QED) is 0.909. The highest BCUT2D eigenvalue weighted by atomic mass is 35.5. The molecule has 1 N–H and O–H groups in total. The molecule has 0 bridgehead atoms. The molecule has 1 fully saturated rings. The van der Waals surface area contributed by atoms with Crippen molar-refractivity contribution in [2.45, 2.75) is 19.4 Å². The largest absolute Gasteiger partial charge is 0.448 e. The van der Waals surface area contributed by atoms with Crippen LogP contribution < -0.4 is 10.2 Å². The number of nitrogens with zero attached hydrogens (tertiary/aromatic N) is 1. The second-order valence-electron chi connectivity index (χ2n) is 4.77. The molecule has 0 atom stereocenters. The average molecular weight is 277 g/mol. The number of furan rings is 1. The Morgan fingerprint density at radius 2 is 1.89 bits per heavy atom. The summed E-state index contributed by atoms with van der Waals surface area (Å²) in [5.41, 5.74) is 2.43. The molecule has 2 heterocycles. The Morgan fingerprint density at radius 3 is 2.63 bits per heavy atom. The lowest BCUT2D eigenvalue weighted by Gasteiger charge is -2.21. The van der Waals surface area contributed by atoms with Crippen LogP contribution in [-0.4, -0.2) is 13.1 Å². The Bertz CT molecular complexity index is 547. The zero-order valence-corrected chi connectivity index (χ0v) is 11.5. The van der Waals surface area contributed by atoms with Gasteiger partial charge in [0, 0.05) is 13.1 Å². The van der Waals surface area contributed by atoms with Crippen molar-refractivity contribution in [3.05, 3.63) is 47.4 Å². The molecule has 3 nitrogen and oxygen atoms in total. The van der Waals surface area contributed by atoms with Gasteiger partial charge < -0.3 is 14.6 Å². The van der Waals surface area contributed by atoms with Gasteiger partial charge in [0.25, 0.3) is 0 Å². The molecular formula is C15H17ClN2O. The van der Waals surface area contributed by atoms with E-state index in [4.69, 9.17) is 16.0 Å². The first-order valence-electron chi connectivity index (χ1n) is 6.65. The third-order valence-corrected chi connectivity index (χ3v) is 3.64. The van der Waals surface area contributed by atoms with Gasteiger partial charge in [-0.25, -0.2) is 0 Å². The van der Waals surface area contributed by atoms with E-state index >= 15 is 0 Å². The molecule has 1 aromatic heterocycles. The average Bonchev–Trinajstić information content (AvgIpc) is 3.08. The van der Waals surface area contributed by atoms with E-state index in [1.54, 1.807) is 6.07 Å². The molecule has 1 aliphatic rings. The number of anilines is 2. The maximum Gasteiger partial charge on any atom is 0.193 e. The Morgan fingerprint density at radius 1 is 1.11 bits per heavy atom. The molecule has 3 rings (SSSR count). The van der Waals surface area contributed by atoms with E-state index in [1.807, 2.05) is 6.07 Å². The van der Waals surface area contributed by atoms with Crippen molar-refractivity contribution in [1.29, 1.82) is 0 Å². The zero-order chi connectivity index (χ0) is 13.1. The molecule has 100 valence electrons. The highest BCUT2D eigenvalue weighted by Crippen LogP contribution is 2.29. The first-order chi connectivity index (χ1) is 9.33. The van der Waals surface area contributed by atoms with Gasteiger partial charge in [-0.05, 0) is 48.7 Å². The predicted octanol–water partition coefficient (Wildman–Crippen LogP) is 4.15. The predicted molar refractivity (Wildman–Crippen MR) is 78.9 cm³/mol. The molecule has 0 unspecified atom stereocenters. The molecule has 0 aliphatic carbocycles. The van der Waals surface area contributed by atoms with Crippen molar-refractivity contribution in [3.63, 3.8) is 0 Å². The van der Waals surface area contributed by atoms with Gasteiger partial charge in [0.15, 0.2) is 5.22 Å². The van der Waals surface area contributed by atoms with Crippen LogP contribution in [0.5, 0.6) is 0 Å². The summed E-state index contributed by atoms with van der Waals surface area (Å²) in [6.45, 7) is 2.94. The van der Waals surface area contributed by atoms with E-state index in [0.29, 0.717) is 11.8 Å². The van der Waals surface area contributed by atoms with Crippen LogP contribution in [0.4, 0.5) is 11.4 Å². The molecule has 0 saturated carbocycles. The minimum Gasteiger partial charge on any atom is -0.448 e. The summed E-state index contributed by atoms with van der Waals surface area (Å²) in [6.07, 6.45) is 2.56. The molecule has 1 aromatic carbocycles. The van der Waals surface area contributed by atoms with Crippen molar-refractivity contribution in [1.82, 2.24) is 0 Å². The van der Waals surface area contributed by atoms with Gasteiger partial charge in [-0.15, -0.1) is 0 Å². The Kier molecular flexibility index (Phi) is 3.65. The van der Waals surface area contributed by atoms with Gasteiger partial charge in [0.1, 0.15) is 5.76 Å². The van der Waals surface area contributed by atoms with Crippen molar-refractivity contribution in [2.24, 2.45) is 0 Å². The number of halogens is 1. The summed E-state index contributed by atoms with van der Waals surface area (Å²) >= 11 is 5.77. The molecule has 0 spiro atoms. The summed E-state index contributed by atoms with van der Waals surface area (Å²) < 4.78 is 5.36. The highest BCUT2D eigenvalue weighted by molar-refractivity contribution is 6.28. The lowest BCUT2D eigenvalue weighted by atomic mass is 10.2. The zero-order valence-electron chi connectivity index (χ0n) is 10.7. The fourth-order valence-electron chi connectivity index (χ4n) is 2.49. The van der Waals surface area contributed by atoms with Crippen LogP contribution in [0, 0.1) is 0 Å². The lowest BCUT2D eigenvalue weighted by molar-refractivity contribution is 0.520. The second-order valence-corrected chi connectivity index (χ2v) is 5.14. The summed E-state index contributed by atoms with van der Waals surface area (Å²) in [6, 6.07) is 12.1. The number of hydrogen-bond donors (Lipinski definition) is 1. The standard InChI is InChI=1S/C15H17ClN2O/c16-15-8-7-12(19-15)11-17-13-5-1-2-6-14(13)18-9-3-4-10-18/h1-2,5-8,17H,3-4,9-11H2. The lowest BCUT2D eigenvalue weighted by Crippen LogP contribution is -2.19. The fraction of sp³-hybridized carbons (Fsp3) is 0.333. The molecule has 2 aromatic rings. The van der Waals surface area contributed by atoms with E-state index in [0.717, 1.165) is 24.5 Å². The van der Waals surface area contributed by atoms with Gasteiger partial charge in [0.2, 0.25) is 0 Å². The van der Waals surface area contributed by atoms with E-state index in [1.165, 1.54) is 18.5 Å². The van der Waals surface area contributed by atoms with Crippen LogP contribution >= 0.6 is 11.6 Å². The van der Waals surface area contributed by atoms with Crippen LogP contribution in [-0.2, 0) is 6.54 Å². The van der Waals surface area contributed by atoms with E-state index in [-0.39, 0.29) is 0 Å². The first kappa shape index (κ1) is 12.4. The highest BCUT2D eigenvalue weighted by Gasteiger charge is 2.15. The van der Waals surface area contributed by atoms with Crippen molar-refractivity contribution < 1.29 is 4.42 Å².